The first kappa shape index (κ1) is 33.2. The number of phenolic OH excluding ortho intramolecular Hbond substituents is 2. The third-order valence-corrected chi connectivity index (χ3v) is 7.25. The Morgan fingerprint density at radius 2 is 1.13 bits per heavy atom. The molecule has 4 rings (SSSR count). The summed E-state index contributed by atoms with van der Waals surface area (Å²) < 4.78 is 0. The van der Waals surface area contributed by atoms with Gasteiger partial charge in [0.1, 0.15) is 29.6 Å². The summed E-state index contributed by atoms with van der Waals surface area (Å²) >= 11 is 0. The van der Waals surface area contributed by atoms with Crippen LogP contribution in [0.3, 0.4) is 0 Å². The van der Waals surface area contributed by atoms with E-state index in [2.05, 4.69) is 25.9 Å². The third kappa shape index (κ3) is 9.92. The van der Waals surface area contributed by atoms with E-state index in [0.717, 1.165) is 5.56 Å². The molecule has 46 heavy (non-hydrogen) atoms. The minimum absolute atomic E-state index is 0.00686. The number of carbonyl (C=O) groups is 4. The molecule has 0 saturated carbocycles. The number of rotatable bonds is 15. The number of hydrogen-bond acceptors (Lipinski definition) is 8. The number of benzene rings is 3. The molecule has 13 heteroatoms. The van der Waals surface area contributed by atoms with Gasteiger partial charge in [-0.05, 0) is 47.4 Å². The maximum absolute atomic E-state index is 13.8. The van der Waals surface area contributed by atoms with Crippen molar-refractivity contribution in [2.24, 2.45) is 5.73 Å². The van der Waals surface area contributed by atoms with Gasteiger partial charge in [-0.2, -0.15) is 0 Å². The molecular formula is C33H36N6O7. The molecule has 9 N–H and O–H groups in total. The summed E-state index contributed by atoms with van der Waals surface area (Å²) in [7, 11) is 0. The van der Waals surface area contributed by atoms with Crippen molar-refractivity contribution >= 4 is 23.7 Å². The molecular weight excluding hydrogens is 592 g/mol. The summed E-state index contributed by atoms with van der Waals surface area (Å²) in [6.07, 6.45) is 2.96. The second-order valence-corrected chi connectivity index (χ2v) is 10.8. The van der Waals surface area contributed by atoms with Gasteiger partial charge in [-0.3, -0.25) is 14.4 Å². The number of nitrogens with one attached hydrogen (secondary N) is 4. The number of aromatic nitrogens is 2. The Morgan fingerprint density at radius 1 is 0.652 bits per heavy atom. The molecule has 3 amide bonds. The molecule has 0 aliphatic rings. The van der Waals surface area contributed by atoms with Gasteiger partial charge < -0.3 is 42.0 Å². The Bertz CT molecular complexity index is 1600. The zero-order chi connectivity index (χ0) is 33.1. The zero-order valence-electron chi connectivity index (χ0n) is 24.8. The number of nitrogens with two attached hydrogens (primary N) is 1. The fourth-order valence-electron chi connectivity index (χ4n) is 4.75. The molecule has 240 valence electrons. The highest BCUT2D eigenvalue weighted by atomic mass is 16.4. The Hall–Kier alpha value is -5.69. The maximum atomic E-state index is 13.8. The quantitative estimate of drug-likeness (QED) is 0.0938. The molecule has 0 saturated heterocycles. The predicted molar refractivity (Wildman–Crippen MR) is 167 cm³/mol. The van der Waals surface area contributed by atoms with Crippen molar-refractivity contribution in [3.05, 3.63) is 114 Å². The van der Waals surface area contributed by atoms with Gasteiger partial charge in [0, 0.05) is 31.2 Å². The van der Waals surface area contributed by atoms with Gasteiger partial charge in [0.05, 0.1) is 12.4 Å². The van der Waals surface area contributed by atoms with E-state index in [1.807, 2.05) is 30.3 Å². The van der Waals surface area contributed by atoms with Crippen molar-refractivity contribution in [3.8, 4) is 11.5 Å². The summed E-state index contributed by atoms with van der Waals surface area (Å²) in [4.78, 5) is 59.3. The number of aromatic amines is 1. The number of aromatic hydroxyl groups is 2. The van der Waals surface area contributed by atoms with Crippen LogP contribution in [0.15, 0.2) is 91.4 Å². The largest absolute Gasteiger partial charge is 0.508 e. The first-order valence-electron chi connectivity index (χ1n) is 14.5. The van der Waals surface area contributed by atoms with Crippen LogP contribution >= 0.6 is 0 Å². The number of aliphatic carboxylic acids is 1. The van der Waals surface area contributed by atoms with Crippen LogP contribution in [0.25, 0.3) is 0 Å². The van der Waals surface area contributed by atoms with E-state index in [4.69, 9.17) is 5.73 Å². The van der Waals surface area contributed by atoms with Gasteiger partial charge >= 0.3 is 5.97 Å². The number of carbonyl (C=O) groups excluding carboxylic acids is 3. The average Bonchev–Trinajstić information content (AvgIpc) is 3.55. The van der Waals surface area contributed by atoms with Crippen LogP contribution in [0.5, 0.6) is 11.5 Å². The lowest BCUT2D eigenvalue weighted by Gasteiger charge is -2.25. The maximum Gasteiger partial charge on any atom is 0.326 e. The second-order valence-electron chi connectivity index (χ2n) is 10.8. The van der Waals surface area contributed by atoms with Crippen LogP contribution in [-0.2, 0) is 44.9 Å². The van der Waals surface area contributed by atoms with Gasteiger partial charge in [-0.25, -0.2) is 9.78 Å². The van der Waals surface area contributed by atoms with Crippen molar-refractivity contribution in [1.82, 2.24) is 25.9 Å². The molecule has 0 radical (unpaired) electrons. The van der Waals surface area contributed by atoms with Gasteiger partial charge in [-0.1, -0.05) is 54.6 Å². The van der Waals surface area contributed by atoms with Gasteiger partial charge in [0.15, 0.2) is 0 Å². The molecule has 3 aromatic carbocycles. The fraction of sp³-hybridized carbons (Fsp3) is 0.242. The lowest BCUT2D eigenvalue weighted by Crippen LogP contribution is -2.58. The van der Waals surface area contributed by atoms with E-state index in [1.165, 1.54) is 36.8 Å². The average molecular weight is 629 g/mol. The second kappa shape index (κ2) is 15.9. The lowest BCUT2D eigenvalue weighted by molar-refractivity contribution is -0.142. The van der Waals surface area contributed by atoms with Crippen molar-refractivity contribution in [3.63, 3.8) is 0 Å². The molecule has 4 atom stereocenters. The molecule has 4 aromatic rings. The summed E-state index contributed by atoms with van der Waals surface area (Å²) in [6.45, 7) is 0. The summed E-state index contributed by atoms with van der Waals surface area (Å²) in [6, 6.07) is 16.4. The Morgan fingerprint density at radius 3 is 1.65 bits per heavy atom. The highest BCUT2D eigenvalue weighted by molar-refractivity contribution is 5.94. The smallest absolute Gasteiger partial charge is 0.326 e. The summed E-state index contributed by atoms with van der Waals surface area (Å²) in [5.41, 5.74) is 8.69. The summed E-state index contributed by atoms with van der Waals surface area (Å²) in [5, 5.41) is 37.0. The van der Waals surface area contributed by atoms with Crippen molar-refractivity contribution in [2.75, 3.05) is 0 Å². The molecule has 13 nitrogen and oxygen atoms in total. The van der Waals surface area contributed by atoms with Gasteiger partial charge in [0.2, 0.25) is 17.7 Å². The number of phenols is 2. The van der Waals surface area contributed by atoms with Crippen molar-refractivity contribution in [1.29, 1.82) is 0 Å². The molecule has 0 fully saturated rings. The van der Waals surface area contributed by atoms with Crippen molar-refractivity contribution < 1.29 is 34.5 Å². The van der Waals surface area contributed by atoms with E-state index in [9.17, 15) is 34.5 Å². The monoisotopic (exact) mass is 628 g/mol. The van der Waals surface area contributed by atoms with Crippen LogP contribution in [0.2, 0.25) is 0 Å². The van der Waals surface area contributed by atoms with Crippen LogP contribution < -0.4 is 21.7 Å². The van der Waals surface area contributed by atoms with Gasteiger partial charge in [-0.15, -0.1) is 0 Å². The molecule has 4 unspecified atom stereocenters. The molecule has 1 heterocycles. The van der Waals surface area contributed by atoms with E-state index < -0.39 is 47.9 Å². The minimum Gasteiger partial charge on any atom is -0.508 e. The topological polar surface area (TPSA) is 220 Å². The summed E-state index contributed by atoms with van der Waals surface area (Å²) in [5.74, 6) is -3.33. The van der Waals surface area contributed by atoms with E-state index in [1.54, 1.807) is 24.3 Å². The van der Waals surface area contributed by atoms with Crippen LogP contribution in [-0.4, -0.2) is 73.1 Å². The zero-order valence-corrected chi connectivity index (χ0v) is 24.8. The first-order chi connectivity index (χ1) is 22.1. The number of H-pyrrole nitrogens is 1. The number of amides is 3. The number of carboxylic acid groups (broad SMARTS) is 1. The minimum atomic E-state index is -1.35. The predicted octanol–water partition coefficient (Wildman–Crippen LogP) is 0.958. The molecule has 1 aromatic heterocycles. The molecule has 0 aliphatic carbocycles. The number of carboxylic acids is 1. The molecule has 0 spiro atoms. The van der Waals surface area contributed by atoms with Crippen LogP contribution in [0.4, 0.5) is 0 Å². The fourth-order valence-corrected chi connectivity index (χ4v) is 4.75. The Labute approximate surface area is 264 Å². The van der Waals surface area contributed by atoms with E-state index >= 15 is 0 Å². The standard InChI is InChI=1S/C33H36N6O7/c34-26(14-20-4-2-1-3-5-20)30(42)37-27(15-21-6-10-24(40)11-7-21)31(43)38-28(17-23-18-35-19-36-23)32(44)39-29(33(45)46)16-22-8-12-25(41)13-9-22/h1-13,18-19,26-29,40-41H,14-17,34H2,(H,35,36)(H,37,42)(H,38,43)(H,39,44)(H,45,46). The molecule has 0 aliphatic heterocycles. The Balaban J connectivity index is 1.53. The Kier molecular flexibility index (Phi) is 11.5. The number of imidazole rings is 1. The highest BCUT2D eigenvalue weighted by Gasteiger charge is 2.31. The van der Waals surface area contributed by atoms with E-state index in [-0.39, 0.29) is 37.2 Å². The van der Waals surface area contributed by atoms with Gasteiger partial charge in [0.25, 0.3) is 0 Å². The SMILES string of the molecule is NC(Cc1ccccc1)C(=O)NC(Cc1ccc(O)cc1)C(=O)NC(Cc1cnc[nH]1)C(=O)NC(Cc1ccc(O)cc1)C(=O)O. The van der Waals surface area contributed by atoms with E-state index in [0.29, 0.717) is 16.8 Å². The molecule has 0 bridgehead atoms. The van der Waals surface area contributed by atoms with Crippen LogP contribution in [0, 0.1) is 0 Å². The van der Waals surface area contributed by atoms with Crippen LogP contribution in [0.1, 0.15) is 22.4 Å². The third-order valence-electron chi connectivity index (χ3n) is 7.25. The normalized spacial score (nSPS) is 13.5. The lowest BCUT2D eigenvalue weighted by atomic mass is 10.0. The number of nitrogens with zero attached hydrogens (tertiary/aromatic N) is 1. The van der Waals surface area contributed by atoms with Crippen molar-refractivity contribution in [2.45, 2.75) is 49.9 Å². The highest BCUT2D eigenvalue weighted by Crippen LogP contribution is 2.14. The number of hydrogen-bond donors (Lipinski definition) is 8. The first-order valence-corrected chi connectivity index (χ1v) is 14.5.